The van der Waals surface area contributed by atoms with Crippen molar-refractivity contribution in [3.63, 3.8) is 0 Å². The van der Waals surface area contributed by atoms with E-state index >= 15 is 0 Å². The maximum absolute atomic E-state index is 13.4. The maximum Gasteiger partial charge on any atom is 0.237 e. The summed E-state index contributed by atoms with van der Waals surface area (Å²) in [5.74, 6) is 1.45. The number of carbonyl (C=O) groups excluding carboxylic acids is 1. The standard InChI is InChI=1S/C20H32N4O4S/c1-15-22-19(23-28-15)20(10-5-6-11-20)21-13-18(25)24(16-7-3-2-4-8-16)17-9-12-29(26,27)14-17/h16-17,21H,2-14H2,1H3. The first-order chi connectivity index (χ1) is 13.9. The normalized spacial score (nSPS) is 26.6. The molecule has 1 saturated heterocycles. The fraction of sp³-hybridized carbons (Fsp3) is 0.850. The number of aromatic nitrogens is 2. The Balaban J connectivity index is 1.50. The Morgan fingerprint density at radius 3 is 2.45 bits per heavy atom. The lowest BCUT2D eigenvalue weighted by Gasteiger charge is -2.39. The third kappa shape index (κ3) is 4.50. The smallest absolute Gasteiger partial charge is 0.237 e. The number of nitrogens with zero attached hydrogens (tertiary/aromatic N) is 3. The zero-order chi connectivity index (χ0) is 20.5. The summed E-state index contributed by atoms with van der Waals surface area (Å²) in [5, 5.41) is 7.59. The molecule has 1 unspecified atom stereocenters. The summed E-state index contributed by atoms with van der Waals surface area (Å²) in [4.78, 5) is 19.7. The predicted molar refractivity (Wildman–Crippen MR) is 108 cm³/mol. The van der Waals surface area contributed by atoms with Gasteiger partial charge in [-0.15, -0.1) is 0 Å². The van der Waals surface area contributed by atoms with E-state index in [-0.39, 0.29) is 36.0 Å². The molecule has 2 aliphatic carbocycles. The van der Waals surface area contributed by atoms with E-state index in [1.807, 2.05) is 4.90 Å². The van der Waals surface area contributed by atoms with Crippen LogP contribution in [0.25, 0.3) is 0 Å². The summed E-state index contributed by atoms with van der Waals surface area (Å²) in [5.41, 5.74) is -0.423. The van der Waals surface area contributed by atoms with E-state index in [1.165, 1.54) is 6.42 Å². The molecule has 1 N–H and O–H groups in total. The number of hydrogen-bond acceptors (Lipinski definition) is 7. The van der Waals surface area contributed by atoms with Crippen LogP contribution in [0.15, 0.2) is 4.52 Å². The Kier molecular flexibility index (Phi) is 5.97. The van der Waals surface area contributed by atoms with Crippen LogP contribution in [0.4, 0.5) is 0 Å². The molecule has 1 atom stereocenters. The third-order valence-electron chi connectivity index (χ3n) is 6.85. The van der Waals surface area contributed by atoms with Crippen LogP contribution in [0.5, 0.6) is 0 Å². The van der Waals surface area contributed by atoms with Gasteiger partial charge < -0.3 is 9.42 Å². The van der Waals surface area contributed by atoms with Crippen molar-refractivity contribution in [3.05, 3.63) is 11.7 Å². The second kappa shape index (κ2) is 8.34. The number of amides is 1. The second-order valence-electron chi connectivity index (χ2n) is 8.93. The lowest BCUT2D eigenvalue weighted by atomic mass is 9.92. The van der Waals surface area contributed by atoms with E-state index in [4.69, 9.17) is 4.52 Å². The zero-order valence-corrected chi connectivity index (χ0v) is 18.0. The molecule has 0 spiro atoms. The number of sulfone groups is 1. The predicted octanol–water partition coefficient (Wildman–Crippen LogP) is 2.09. The van der Waals surface area contributed by atoms with Gasteiger partial charge in [0, 0.05) is 19.0 Å². The zero-order valence-electron chi connectivity index (χ0n) is 17.2. The highest BCUT2D eigenvalue weighted by Crippen LogP contribution is 2.37. The molecule has 8 nitrogen and oxygen atoms in total. The molecule has 2 heterocycles. The molecule has 0 aromatic carbocycles. The van der Waals surface area contributed by atoms with Crippen LogP contribution < -0.4 is 5.32 Å². The lowest BCUT2D eigenvalue weighted by molar-refractivity contribution is -0.136. The van der Waals surface area contributed by atoms with Crippen LogP contribution in [0.2, 0.25) is 0 Å². The highest BCUT2D eigenvalue weighted by molar-refractivity contribution is 7.91. The molecule has 1 aliphatic heterocycles. The van der Waals surface area contributed by atoms with Crippen molar-refractivity contribution in [2.24, 2.45) is 0 Å². The average molecular weight is 425 g/mol. The topological polar surface area (TPSA) is 105 Å². The van der Waals surface area contributed by atoms with E-state index in [1.54, 1.807) is 6.92 Å². The van der Waals surface area contributed by atoms with E-state index in [0.717, 1.165) is 51.4 Å². The van der Waals surface area contributed by atoms with Gasteiger partial charge in [0.05, 0.1) is 23.6 Å². The molecule has 1 aromatic heterocycles. The van der Waals surface area contributed by atoms with Crippen LogP contribution >= 0.6 is 0 Å². The van der Waals surface area contributed by atoms with Crippen LogP contribution in [0.3, 0.4) is 0 Å². The highest BCUT2D eigenvalue weighted by Gasteiger charge is 2.42. The minimum atomic E-state index is -3.04. The van der Waals surface area contributed by atoms with E-state index in [0.29, 0.717) is 18.1 Å². The molecule has 9 heteroatoms. The molecule has 1 aromatic rings. The van der Waals surface area contributed by atoms with Crippen molar-refractivity contribution in [2.75, 3.05) is 18.1 Å². The Labute approximate surface area is 172 Å². The van der Waals surface area contributed by atoms with Gasteiger partial charge in [0.1, 0.15) is 0 Å². The quantitative estimate of drug-likeness (QED) is 0.745. The first-order valence-corrected chi connectivity index (χ1v) is 12.8. The summed E-state index contributed by atoms with van der Waals surface area (Å²) in [7, 11) is -3.04. The molecule has 1 amide bonds. The molecule has 0 radical (unpaired) electrons. The number of carbonyl (C=O) groups is 1. The van der Waals surface area contributed by atoms with Crippen LogP contribution in [-0.2, 0) is 20.2 Å². The summed E-state index contributed by atoms with van der Waals surface area (Å²) in [6, 6.07) is -0.0346. The van der Waals surface area contributed by atoms with E-state index in [9.17, 15) is 13.2 Å². The SMILES string of the molecule is Cc1nc(C2(NCC(=O)N(C3CCCCC3)C3CCS(=O)(=O)C3)CCCC2)no1. The summed E-state index contributed by atoms with van der Waals surface area (Å²) in [6.45, 7) is 1.95. The Morgan fingerprint density at radius 1 is 1.14 bits per heavy atom. The Morgan fingerprint density at radius 2 is 1.86 bits per heavy atom. The summed E-state index contributed by atoms with van der Waals surface area (Å²) >= 11 is 0. The van der Waals surface area contributed by atoms with Gasteiger partial charge in [0.15, 0.2) is 15.7 Å². The molecule has 4 rings (SSSR count). The molecule has 3 fully saturated rings. The van der Waals surface area contributed by atoms with Crippen LogP contribution in [0.1, 0.15) is 75.9 Å². The van der Waals surface area contributed by atoms with Gasteiger partial charge in [-0.3, -0.25) is 10.1 Å². The summed E-state index contributed by atoms with van der Waals surface area (Å²) < 4.78 is 29.3. The second-order valence-corrected chi connectivity index (χ2v) is 11.2. The molecule has 3 aliphatic rings. The fourth-order valence-electron chi connectivity index (χ4n) is 5.35. The van der Waals surface area contributed by atoms with Crippen LogP contribution in [0, 0.1) is 6.92 Å². The van der Waals surface area contributed by atoms with Gasteiger partial charge in [-0.1, -0.05) is 37.3 Å². The fourth-order valence-corrected chi connectivity index (χ4v) is 7.06. The monoisotopic (exact) mass is 424 g/mol. The molecule has 29 heavy (non-hydrogen) atoms. The van der Waals surface area contributed by atoms with Gasteiger partial charge in [0.2, 0.25) is 11.8 Å². The van der Waals surface area contributed by atoms with Crippen molar-refractivity contribution in [1.82, 2.24) is 20.4 Å². The van der Waals surface area contributed by atoms with Crippen molar-refractivity contribution in [3.8, 4) is 0 Å². The number of hydrogen-bond donors (Lipinski definition) is 1. The number of aryl methyl sites for hydroxylation is 1. The third-order valence-corrected chi connectivity index (χ3v) is 8.60. The molecule has 0 bridgehead atoms. The largest absolute Gasteiger partial charge is 0.340 e. The lowest BCUT2D eigenvalue weighted by Crippen LogP contribution is -2.54. The Bertz CT molecular complexity index is 825. The van der Waals surface area contributed by atoms with Crippen molar-refractivity contribution < 1.29 is 17.7 Å². The number of nitrogens with one attached hydrogen (secondary N) is 1. The summed E-state index contributed by atoms with van der Waals surface area (Å²) in [6.07, 6.45) is 9.76. The van der Waals surface area contributed by atoms with Gasteiger partial charge in [0.25, 0.3) is 0 Å². The number of rotatable bonds is 6. The van der Waals surface area contributed by atoms with Gasteiger partial charge >= 0.3 is 0 Å². The molecule has 2 saturated carbocycles. The van der Waals surface area contributed by atoms with Crippen molar-refractivity contribution >= 4 is 15.7 Å². The first-order valence-electron chi connectivity index (χ1n) is 11.0. The minimum absolute atomic E-state index is 0.00509. The van der Waals surface area contributed by atoms with E-state index < -0.39 is 15.4 Å². The maximum atomic E-state index is 13.4. The molecular formula is C20H32N4O4S. The molecule has 162 valence electrons. The van der Waals surface area contributed by atoms with Crippen molar-refractivity contribution in [2.45, 2.75) is 88.8 Å². The highest BCUT2D eigenvalue weighted by atomic mass is 32.2. The van der Waals surface area contributed by atoms with E-state index in [2.05, 4.69) is 15.5 Å². The van der Waals surface area contributed by atoms with Gasteiger partial charge in [-0.25, -0.2) is 8.42 Å². The molecular weight excluding hydrogens is 392 g/mol. The van der Waals surface area contributed by atoms with Crippen molar-refractivity contribution in [1.29, 1.82) is 0 Å². The van der Waals surface area contributed by atoms with Crippen LogP contribution in [-0.4, -0.2) is 59.5 Å². The Hall–Kier alpha value is -1.48. The van der Waals surface area contributed by atoms with Gasteiger partial charge in [-0.2, -0.15) is 4.98 Å². The van der Waals surface area contributed by atoms with Gasteiger partial charge in [-0.05, 0) is 32.1 Å². The average Bonchev–Trinajstić information content (AvgIpc) is 3.42. The minimum Gasteiger partial charge on any atom is -0.340 e. The first kappa shape index (κ1) is 20.8.